The minimum Gasteiger partial charge on any atom is -0.388 e. The molecule has 2 rings (SSSR count). The third-order valence-corrected chi connectivity index (χ3v) is 2.60. The molecule has 76 valence electrons. The van der Waals surface area contributed by atoms with Crippen molar-refractivity contribution in [3.05, 3.63) is 29.8 Å². The zero-order valence-corrected chi connectivity index (χ0v) is 7.83. The Bertz CT molecular complexity index is 324. The van der Waals surface area contributed by atoms with Crippen molar-refractivity contribution in [2.24, 2.45) is 0 Å². The fraction of sp³-hybridized carbons (Fsp3) is 0.500. The highest BCUT2D eigenvalue weighted by molar-refractivity contribution is 5.16. The van der Waals surface area contributed by atoms with Gasteiger partial charge in [0.15, 0.2) is 0 Å². The van der Waals surface area contributed by atoms with E-state index in [-0.39, 0.29) is 5.82 Å². The minimum absolute atomic E-state index is 0.340. The Hall–Kier alpha value is -1.00. The molecule has 2 heterocycles. The summed E-state index contributed by atoms with van der Waals surface area (Å²) in [4.78, 5) is 3.67. The summed E-state index contributed by atoms with van der Waals surface area (Å²) in [5, 5.41) is 13.1. The lowest BCUT2D eigenvalue weighted by Gasteiger charge is -2.21. The molecule has 0 saturated carbocycles. The number of rotatable bonds is 2. The molecule has 0 aliphatic carbocycles. The summed E-state index contributed by atoms with van der Waals surface area (Å²) in [7, 11) is 0. The lowest BCUT2D eigenvalue weighted by Crippen LogP contribution is -2.34. The highest BCUT2D eigenvalue weighted by Crippen LogP contribution is 2.21. The van der Waals surface area contributed by atoms with Crippen LogP contribution in [0.1, 0.15) is 12.0 Å². The second-order valence-corrected chi connectivity index (χ2v) is 3.79. The Kier molecular flexibility index (Phi) is 2.48. The van der Waals surface area contributed by atoms with Gasteiger partial charge < -0.3 is 10.4 Å². The highest BCUT2D eigenvalue weighted by Gasteiger charge is 2.31. The van der Waals surface area contributed by atoms with E-state index in [0.29, 0.717) is 24.9 Å². The third-order valence-electron chi connectivity index (χ3n) is 2.60. The summed E-state index contributed by atoms with van der Waals surface area (Å²) >= 11 is 0. The first-order valence-electron chi connectivity index (χ1n) is 4.71. The van der Waals surface area contributed by atoms with Crippen molar-refractivity contribution >= 4 is 0 Å². The second kappa shape index (κ2) is 3.63. The van der Waals surface area contributed by atoms with E-state index >= 15 is 0 Å². The molecule has 0 amide bonds. The van der Waals surface area contributed by atoms with E-state index in [1.54, 1.807) is 12.3 Å². The molecule has 1 fully saturated rings. The molecule has 1 aromatic heterocycles. The van der Waals surface area contributed by atoms with Crippen LogP contribution in [0.25, 0.3) is 0 Å². The Balaban J connectivity index is 2.14. The lowest BCUT2D eigenvalue weighted by atomic mass is 9.94. The number of hydrogen-bond donors (Lipinski definition) is 2. The van der Waals surface area contributed by atoms with Gasteiger partial charge in [0.1, 0.15) is 5.82 Å². The molecule has 1 atom stereocenters. The molecule has 0 radical (unpaired) electrons. The summed E-state index contributed by atoms with van der Waals surface area (Å²) in [6.45, 7) is 1.33. The SMILES string of the molecule is OC1(Cc2ccncc2F)CCNC1. The van der Waals surface area contributed by atoms with Gasteiger partial charge in [0.2, 0.25) is 0 Å². The van der Waals surface area contributed by atoms with E-state index in [1.807, 2.05) is 0 Å². The van der Waals surface area contributed by atoms with Gasteiger partial charge >= 0.3 is 0 Å². The molecule has 14 heavy (non-hydrogen) atoms. The predicted molar refractivity (Wildman–Crippen MR) is 50.3 cm³/mol. The molecule has 3 nitrogen and oxygen atoms in total. The fourth-order valence-electron chi connectivity index (χ4n) is 1.78. The van der Waals surface area contributed by atoms with Gasteiger partial charge in [0.05, 0.1) is 11.8 Å². The molecule has 1 aliphatic heterocycles. The minimum atomic E-state index is -0.789. The molecule has 1 aliphatic rings. The molecule has 1 aromatic rings. The summed E-state index contributed by atoms with van der Waals surface area (Å²) in [6, 6.07) is 1.62. The van der Waals surface area contributed by atoms with E-state index in [2.05, 4.69) is 10.3 Å². The first-order valence-corrected chi connectivity index (χ1v) is 4.71. The molecule has 1 unspecified atom stereocenters. The van der Waals surface area contributed by atoms with Gasteiger partial charge in [0.25, 0.3) is 0 Å². The molecule has 0 aromatic carbocycles. The van der Waals surface area contributed by atoms with Crippen LogP contribution in [-0.2, 0) is 6.42 Å². The van der Waals surface area contributed by atoms with Crippen LogP contribution in [0.15, 0.2) is 18.5 Å². The first kappa shape index (κ1) is 9.55. The maximum absolute atomic E-state index is 13.2. The van der Waals surface area contributed by atoms with Crippen molar-refractivity contribution in [1.82, 2.24) is 10.3 Å². The van der Waals surface area contributed by atoms with E-state index in [1.165, 1.54) is 6.20 Å². The van der Waals surface area contributed by atoms with Gasteiger partial charge in [-0.1, -0.05) is 0 Å². The van der Waals surface area contributed by atoms with Crippen molar-refractivity contribution in [3.63, 3.8) is 0 Å². The quantitative estimate of drug-likeness (QED) is 0.723. The van der Waals surface area contributed by atoms with E-state index in [0.717, 1.165) is 6.54 Å². The maximum Gasteiger partial charge on any atom is 0.144 e. The second-order valence-electron chi connectivity index (χ2n) is 3.79. The van der Waals surface area contributed by atoms with Crippen molar-refractivity contribution in [3.8, 4) is 0 Å². The van der Waals surface area contributed by atoms with Gasteiger partial charge in [0, 0.05) is 19.2 Å². The van der Waals surface area contributed by atoms with Crippen LogP contribution in [0.3, 0.4) is 0 Å². The Morgan fingerprint density at radius 1 is 1.64 bits per heavy atom. The normalized spacial score (nSPS) is 26.7. The van der Waals surface area contributed by atoms with E-state index < -0.39 is 5.60 Å². The van der Waals surface area contributed by atoms with Crippen LogP contribution >= 0.6 is 0 Å². The number of pyridine rings is 1. The molecule has 1 saturated heterocycles. The Morgan fingerprint density at radius 2 is 2.50 bits per heavy atom. The smallest absolute Gasteiger partial charge is 0.144 e. The van der Waals surface area contributed by atoms with Gasteiger partial charge in [-0.25, -0.2) is 4.39 Å². The van der Waals surface area contributed by atoms with E-state index in [9.17, 15) is 9.50 Å². The number of β-amino-alcohol motifs (C(OH)–C–C–N with tert-alkyl or cyclic N) is 1. The van der Waals surface area contributed by atoms with Gasteiger partial charge in [-0.2, -0.15) is 0 Å². The van der Waals surface area contributed by atoms with Crippen LogP contribution in [0.2, 0.25) is 0 Å². The van der Waals surface area contributed by atoms with Crippen molar-refractivity contribution in [1.29, 1.82) is 0 Å². The van der Waals surface area contributed by atoms with Gasteiger partial charge in [-0.3, -0.25) is 4.98 Å². The summed E-state index contributed by atoms with van der Waals surface area (Å²) in [5.41, 5.74) is -0.256. The number of nitrogens with one attached hydrogen (secondary N) is 1. The number of hydrogen-bond acceptors (Lipinski definition) is 3. The van der Waals surface area contributed by atoms with Crippen molar-refractivity contribution in [2.45, 2.75) is 18.4 Å². The van der Waals surface area contributed by atoms with Crippen molar-refractivity contribution in [2.75, 3.05) is 13.1 Å². The molecular weight excluding hydrogens is 183 g/mol. The highest BCUT2D eigenvalue weighted by atomic mass is 19.1. The summed E-state index contributed by atoms with van der Waals surface area (Å²) in [5.74, 6) is -0.340. The van der Waals surface area contributed by atoms with Gasteiger partial charge in [-0.15, -0.1) is 0 Å². The molecule has 2 N–H and O–H groups in total. The molecular formula is C10H13FN2O. The monoisotopic (exact) mass is 196 g/mol. The third kappa shape index (κ3) is 1.91. The molecule has 4 heteroatoms. The molecule has 0 spiro atoms. The van der Waals surface area contributed by atoms with Crippen LogP contribution in [0.5, 0.6) is 0 Å². The first-order chi connectivity index (χ1) is 6.70. The predicted octanol–water partition coefficient (Wildman–Crippen LogP) is 0.488. The lowest BCUT2D eigenvalue weighted by molar-refractivity contribution is 0.0609. The average Bonchev–Trinajstić information content (AvgIpc) is 2.57. The number of nitrogens with zero attached hydrogens (tertiary/aromatic N) is 1. The summed E-state index contributed by atoms with van der Waals surface area (Å²) < 4.78 is 13.2. The Labute approximate surface area is 82.0 Å². The molecule has 0 bridgehead atoms. The Morgan fingerprint density at radius 3 is 3.14 bits per heavy atom. The van der Waals surface area contributed by atoms with Crippen LogP contribution in [0.4, 0.5) is 4.39 Å². The zero-order chi connectivity index (χ0) is 10.0. The summed E-state index contributed by atoms with van der Waals surface area (Å²) in [6.07, 6.45) is 3.76. The van der Waals surface area contributed by atoms with E-state index in [4.69, 9.17) is 0 Å². The largest absolute Gasteiger partial charge is 0.388 e. The number of aliphatic hydroxyl groups is 1. The number of halogens is 1. The van der Waals surface area contributed by atoms with Crippen LogP contribution in [0, 0.1) is 5.82 Å². The van der Waals surface area contributed by atoms with Crippen LogP contribution < -0.4 is 5.32 Å². The topological polar surface area (TPSA) is 45.2 Å². The standard InChI is InChI=1S/C10H13FN2O/c11-9-6-12-3-1-8(9)5-10(14)2-4-13-7-10/h1,3,6,13-14H,2,4-5,7H2. The average molecular weight is 196 g/mol. The number of aromatic nitrogens is 1. The maximum atomic E-state index is 13.2. The zero-order valence-electron chi connectivity index (χ0n) is 7.83. The fourth-order valence-corrected chi connectivity index (χ4v) is 1.78. The van der Waals surface area contributed by atoms with Crippen LogP contribution in [-0.4, -0.2) is 28.8 Å². The van der Waals surface area contributed by atoms with Crippen molar-refractivity contribution < 1.29 is 9.50 Å². The van der Waals surface area contributed by atoms with Gasteiger partial charge in [-0.05, 0) is 24.6 Å².